The van der Waals surface area contributed by atoms with Crippen molar-refractivity contribution in [2.45, 2.75) is 18.9 Å². The van der Waals surface area contributed by atoms with Crippen molar-refractivity contribution >= 4 is 15.9 Å². The van der Waals surface area contributed by atoms with E-state index in [0.717, 1.165) is 5.56 Å². The molecule has 0 radical (unpaired) electrons. The van der Waals surface area contributed by atoms with Crippen LogP contribution in [0.1, 0.15) is 24.4 Å². The quantitative estimate of drug-likeness (QED) is 0.874. The van der Waals surface area contributed by atoms with Gasteiger partial charge in [0.25, 0.3) is 0 Å². The molecule has 0 bridgehead atoms. The Bertz CT molecular complexity index is 306. The van der Waals surface area contributed by atoms with Crippen molar-refractivity contribution in [2.75, 3.05) is 6.61 Å². The number of benzene rings is 1. The fraction of sp³-hybridized carbons (Fsp3) is 0.400. The number of aliphatic hydroxyl groups excluding tert-OH is 1. The zero-order valence-corrected chi connectivity index (χ0v) is 9.30. The summed E-state index contributed by atoms with van der Waals surface area (Å²) < 4.78 is 13.4. The Balaban J connectivity index is 2.74. The number of halogens is 2. The Morgan fingerprint density at radius 3 is 2.79 bits per heavy atom. The van der Waals surface area contributed by atoms with E-state index in [-0.39, 0.29) is 18.5 Å². The highest BCUT2D eigenvalue weighted by molar-refractivity contribution is 9.10. The average molecular weight is 262 g/mol. The smallest absolute Gasteiger partial charge is 0.124 e. The van der Waals surface area contributed by atoms with E-state index in [1.54, 1.807) is 6.07 Å². The van der Waals surface area contributed by atoms with Gasteiger partial charge in [-0.05, 0) is 30.5 Å². The number of hydrogen-bond acceptors (Lipinski definition) is 2. The van der Waals surface area contributed by atoms with Crippen LogP contribution < -0.4 is 5.73 Å². The summed E-state index contributed by atoms with van der Waals surface area (Å²) in [5.41, 5.74) is 6.74. The van der Waals surface area contributed by atoms with Crippen molar-refractivity contribution in [1.29, 1.82) is 0 Å². The zero-order chi connectivity index (χ0) is 10.6. The maximum atomic E-state index is 12.8. The standard InChI is InChI=1S/C10H13BrFNO/c11-9-6-7(12)3-4-8(9)10(13)2-1-5-14/h3-4,6,10,14H,1-2,5,13H2/t10-/m1/s1. The predicted octanol–water partition coefficient (Wildman–Crippen LogP) is 2.36. The molecule has 14 heavy (non-hydrogen) atoms. The largest absolute Gasteiger partial charge is 0.396 e. The summed E-state index contributed by atoms with van der Waals surface area (Å²) >= 11 is 3.26. The molecule has 78 valence electrons. The monoisotopic (exact) mass is 261 g/mol. The minimum Gasteiger partial charge on any atom is -0.396 e. The van der Waals surface area contributed by atoms with Crippen LogP contribution in [0.2, 0.25) is 0 Å². The zero-order valence-electron chi connectivity index (χ0n) is 7.71. The minimum absolute atomic E-state index is 0.131. The molecule has 0 aliphatic carbocycles. The van der Waals surface area contributed by atoms with E-state index in [0.29, 0.717) is 17.3 Å². The molecule has 0 saturated heterocycles. The van der Waals surface area contributed by atoms with Crippen LogP contribution in [0.15, 0.2) is 22.7 Å². The summed E-state index contributed by atoms with van der Waals surface area (Å²) in [7, 11) is 0. The van der Waals surface area contributed by atoms with E-state index in [4.69, 9.17) is 10.8 Å². The first kappa shape index (κ1) is 11.6. The summed E-state index contributed by atoms with van der Waals surface area (Å²) in [6.07, 6.45) is 1.35. The lowest BCUT2D eigenvalue weighted by molar-refractivity contribution is 0.280. The number of aliphatic hydroxyl groups is 1. The van der Waals surface area contributed by atoms with E-state index in [1.165, 1.54) is 12.1 Å². The highest BCUT2D eigenvalue weighted by Crippen LogP contribution is 2.25. The second-order valence-electron chi connectivity index (χ2n) is 3.14. The van der Waals surface area contributed by atoms with Crippen molar-refractivity contribution in [3.63, 3.8) is 0 Å². The second-order valence-corrected chi connectivity index (χ2v) is 3.99. The lowest BCUT2D eigenvalue weighted by Crippen LogP contribution is -2.11. The molecule has 2 nitrogen and oxygen atoms in total. The second kappa shape index (κ2) is 5.44. The van der Waals surface area contributed by atoms with Crippen molar-refractivity contribution in [3.8, 4) is 0 Å². The fourth-order valence-corrected chi connectivity index (χ4v) is 1.91. The van der Waals surface area contributed by atoms with Crippen LogP contribution >= 0.6 is 15.9 Å². The van der Waals surface area contributed by atoms with Gasteiger partial charge in [0, 0.05) is 17.1 Å². The molecule has 0 saturated carbocycles. The fourth-order valence-electron chi connectivity index (χ4n) is 1.27. The number of rotatable bonds is 4. The molecule has 0 aliphatic rings. The molecule has 0 unspecified atom stereocenters. The van der Waals surface area contributed by atoms with Crippen LogP contribution in [0.4, 0.5) is 4.39 Å². The van der Waals surface area contributed by atoms with Gasteiger partial charge < -0.3 is 10.8 Å². The first-order chi connectivity index (χ1) is 6.65. The van der Waals surface area contributed by atoms with E-state index in [2.05, 4.69) is 15.9 Å². The SMILES string of the molecule is N[C@H](CCCO)c1ccc(F)cc1Br. The van der Waals surface area contributed by atoms with Gasteiger partial charge in [-0.25, -0.2) is 4.39 Å². The van der Waals surface area contributed by atoms with Gasteiger partial charge in [0.2, 0.25) is 0 Å². The van der Waals surface area contributed by atoms with Crippen molar-refractivity contribution in [1.82, 2.24) is 0 Å². The summed E-state index contributed by atoms with van der Waals surface area (Å²) in [5.74, 6) is -0.282. The molecule has 1 aromatic carbocycles. The number of hydrogen-bond donors (Lipinski definition) is 2. The molecule has 4 heteroatoms. The molecule has 0 aromatic heterocycles. The van der Waals surface area contributed by atoms with E-state index in [9.17, 15) is 4.39 Å². The molecule has 1 rings (SSSR count). The molecule has 1 aromatic rings. The molecule has 1 atom stereocenters. The lowest BCUT2D eigenvalue weighted by Gasteiger charge is -2.12. The normalized spacial score (nSPS) is 12.9. The first-order valence-corrected chi connectivity index (χ1v) is 5.26. The van der Waals surface area contributed by atoms with Gasteiger partial charge in [-0.3, -0.25) is 0 Å². The van der Waals surface area contributed by atoms with Gasteiger partial charge in [0.05, 0.1) is 0 Å². The molecule has 0 aliphatic heterocycles. The topological polar surface area (TPSA) is 46.2 Å². The van der Waals surface area contributed by atoms with Gasteiger partial charge in [0.1, 0.15) is 5.82 Å². The van der Waals surface area contributed by atoms with Crippen LogP contribution in [0.3, 0.4) is 0 Å². The van der Waals surface area contributed by atoms with Gasteiger partial charge in [-0.2, -0.15) is 0 Å². The van der Waals surface area contributed by atoms with Crippen LogP contribution in [0.25, 0.3) is 0 Å². The Kier molecular flexibility index (Phi) is 4.51. The summed E-state index contributed by atoms with van der Waals surface area (Å²) in [6, 6.07) is 4.30. The molecule has 3 N–H and O–H groups in total. The maximum absolute atomic E-state index is 12.8. The van der Waals surface area contributed by atoms with E-state index < -0.39 is 0 Å². The number of nitrogens with two attached hydrogens (primary N) is 1. The highest BCUT2D eigenvalue weighted by Gasteiger charge is 2.09. The minimum atomic E-state index is -0.282. The molecule has 0 fully saturated rings. The lowest BCUT2D eigenvalue weighted by atomic mass is 10.0. The Labute approximate surface area is 91.1 Å². The molecular weight excluding hydrogens is 249 g/mol. The van der Waals surface area contributed by atoms with Crippen LogP contribution in [0, 0.1) is 5.82 Å². The maximum Gasteiger partial charge on any atom is 0.124 e. The predicted molar refractivity (Wildman–Crippen MR) is 57.3 cm³/mol. The third-order valence-electron chi connectivity index (χ3n) is 2.04. The van der Waals surface area contributed by atoms with Crippen LogP contribution in [-0.4, -0.2) is 11.7 Å². The summed E-state index contributed by atoms with van der Waals surface area (Å²) in [4.78, 5) is 0. The summed E-state index contributed by atoms with van der Waals surface area (Å²) in [5, 5.41) is 8.65. The Morgan fingerprint density at radius 2 is 2.21 bits per heavy atom. The average Bonchev–Trinajstić information content (AvgIpc) is 2.14. The molecule has 0 amide bonds. The molecular formula is C10H13BrFNO. The van der Waals surface area contributed by atoms with Crippen LogP contribution in [0.5, 0.6) is 0 Å². The summed E-state index contributed by atoms with van der Waals surface area (Å²) in [6.45, 7) is 0.131. The third-order valence-corrected chi connectivity index (χ3v) is 2.72. The first-order valence-electron chi connectivity index (χ1n) is 4.46. The van der Waals surface area contributed by atoms with Gasteiger partial charge in [-0.15, -0.1) is 0 Å². The van der Waals surface area contributed by atoms with E-state index >= 15 is 0 Å². The van der Waals surface area contributed by atoms with Crippen molar-refractivity contribution < 1.29 is 9.50 Å². The third kappa shape index (κ3) is 3.04. The van der Waals surface area contributed by atoms with Gasteiger partial charge in [0.15, 0.2) is 0 Å². The van der Waals surface area contributed by atoms with Crippen LogP contribution in [-0.2, 0) is 0 Å². The van der Waals surface area contributed by atoms with Crippen molar-refractivity contribution in [3.05, 3.63) is 34.1 Å². The molecule has 0 heterocycles. The van der Waals surface area contributed by atoms with Gasteiger partial charge in [-0.1, -0.05) is 22.0 Å². The van der Waals surface area contributed by atoms with Gasteiger partial charge >= 0.3 is 0 Å². The Morgan fingerprint density at radius 1 is 1.50 bits per heavy atom. The molecule has 0 spiro atoms. The Hall–Kier alpha value is -0.450. The van der Waals surface area contributed by atoms with Crippen molar-refractivity contribution in [2.24, 2.45) is 5.73 Å². The highest BCUT2D eigenvalue weighted by atomic mass is 79.9. The van der Waals surface area contributed by atoms with E-state index in [1.807, 2.05) is 0 Å².